The maximum atomic E-state index is 12.6. The standard InChI is InChI=1S/C23H19NO4/c1-26-18-12-10-17(11-13-18)24-20(21-9-6-14-28-21)15-19(23(25)27-2)22(24)16-7-4-3-5-8-16/h3-15H,1-2H3. The summed E-state index contributed by atoms with van der Waals surface area (Å²) in [5, 5.41) is 0. The van der Waals surface area contributed by atoms with Gasteiger partial charge in [-0.25, -0.2) is 4.79 Å². The second-order valence-electron chi connectivity index (χ2n) is 6.16. The molecule has 0 spiro atoms. The van der Waals surface area contributed by atoms with Gasteiger partial charge in [0.25, 0.3) is 0 Å². The minimum atomic E-state index is -0.404. The quantitative estimate of drug-likeness (QED) is 0.451. The lowest BCUT2D eigenvalue weighted by molar-refractivity contribution is 0.0602. The summed E-state index contributed by atoms with van der Waals surface area (Å²) in [6.45, 7) is 0. The van der Waals surface area contributed by atoms with E-state index >= 15 is 0 Å². The molecule has 4 aromatic rings. The molecule has 0 amide bonds. The van der Waals surface area contributed by atoms with Crippen molar-refractivity contribution >= 4 is 5.97 Å². The molecular formula is C23H19NO4. The second-order valence-corrected chi connectivity index (χ2v) is 6.16. The summed E-state index contributed by atoms with van der Waals surface area (Å²) in [6, 6.07) is 22.9. The van der Waals surface area contributed by atoms with Crippen molar-refractivity contribution in [1.82, 2.24) is 4.57 Å². The van der Waals surface area contributed by atoms with Crippen LogP contribution < -0.4 is 4.74 Å². The van der Waals surface area contributed by atoms with Crippen LogP contribution in [-0.4, -0.2) is 24.8 Å². The Morgan fingerprint density at radius 1 is 0.929 bits per heavy atom. The van der Waals surface area contributed by atoms with Crippen molar-refractivity contribution < 1.29 is 18.7 Å². The van der Waals surface area contributed by atoms with Crippen LogP contribution in [-0.2, 0) is 4.74 Å². The van der Waals surface area contributed by atoms with Gasteiger partial charge in [0.1, 0.15) is 5.75 Å². The van der Waals surface area contributed by atoms with Crippen molar-refractivity contribution in [3.8, 4) is 34.1 Å². The molecular weight excluding hydrogens is 354 g/mol. The molecule has 0 aliphatic carbocycles. The fourth-order valence-corrected chi connectivity index (χ4v) is 3.26. The Morgan fingerprint density at radius 3 is 2.29 bits per heavy atom. The molecule has 0 atom stereocenters. The number of carbonyl (C=O) groups excluding carboxylic acids is 1. The molecule has 0 unspecified atom stereocenters. The van der Waals surface area contributed by atoms with E-state index in [4.69, 9.17) is 13.9 Å². The monoisotopic (exact) mass is 373 g/mol. The number of ether oxygens (including phenoxy) is 2. The largest absolute Gasteiger partial charge is 0.497 e. The van der Waals surface area contributed by atoms with E-state index in [-0.39, 0.29) is 0 Å². The molecule has 2 aromatic heterocycles. The third kappa shape index (κ3) is 3.07. The highest BCUT2D eigenvalue weighted by Gasteiger charge is 2.25. The molecule has 5 heteroatoms. The molecule has 0 bridgehead atoms. The van der Waals surface area contributed by atoms with E-state index in [2.05, 4.69) is 0 Å². The lowest BCUT2D eigenvalue weighted by atomic mass is 10.1. The molecule has 0 aliphatic heterocycles. The van der Waals surface area contributed by atoms with Gasteiger partial charge in [0.15, 0.2) is 5.76 Å². The normalized spacial score (nSPS) is 10.6. The Hall–Kier alpha value is -3.73. The first-order valence-electron chi connectivity index (χ1n) is 8.80. The molecule has 140 valence electrons. The van der Waals surface area contributed by atoms with E-state index in [0.29, 0.717) is 11.3 Å². The lowest BCUT2D eigenvalue weighted by Gasteiger charge is -2.14. The van der Waals surface area contributed by atoms with Gasteiger partial charge in [-0.3, -0.25) is 0 Å². The number of rotatable bonds is 5. The van der Waals surface area contributed by atoms with Gasteiger partial charge < -0.3 is 18.5 Å². The van der Waals surface area contributed by atoms with Crippen LogP contribution in [0, 0.1) is 0 Å². The van der Waals surface area contributed by atoms with Crippen molar-refractivity contribution in [2.45, 2.75) is 0 Å². The van der Waals surface area contributed by atoms with Gasteiger partial charge in [-0.05, 0) is 48.0 Å². The average Bonchev–Trinajstić information content (AvgIpc) is 3.41. The maximum Gasteiger partial charge on any atom is 0.340 e. The first kappa shape index (κ1) is 17.7. The molecule has 0 saturated heterocycles. The van der Waals surface area contributed by atoms with Crippen LogP contribution >= 0.6 is 0 Å². The number of esters is 1. The zero-order valence-electron chi connectivity index (χ0n) is 15.6. The van der Waals surface area contributed by atoms with Crippen LogP contribution in [0.1, 0.15) is 10.4 Å². The molecule has 0 N–H and O–H groups in total. The van der Waals surface area contributed by atoms with Gasteiger partial charge in [0, 0.05) is 5.69 Å². The van der Waals surface area contributed by atoms with Crippen molar-refractivity contribution in [3.05, 3.63) is 84.6 Å². The molecule has 2 heterocycles. The Bertz CT molecular complexity index is 1080. The van der Waals surface area contributed by atoms with Crippen molar-refractivity contribution in [2.75, 3.05) is 14.2 Å². The summed E-state index contributed by atoms with van der Waals surface area (Å²) in [4.78, 5) is 12.6. The summed E-state index contributed by atoms with van der Waals surface area (Å²) in [6.07, 6.45) is 1.61. The van der Waals surface area contributed by atoms with Crippen LogP contribution in [0.15, 0.2) is 83.5 Å². The number of benzene rings is 2. The minimum absolute atomic E-state index is 0.404. The highest BCUT2D eigenvalue weighted by molar-refractivity contribution is 5.99. The van der Waals surface area contributed by atoms with Crippen molar-refractivity contribution in [1.29, 1.82) is 0 Å². The van der Waals surface area contributed by atoms with Gasteiger partial charge in [0.2, 0.25) is 0 Å². The Morgan fingerprint density at radius 2 is 1.68 bits per heavy atom. The topological polar surface area (TPSA) is 53.6 Å². The van der Waals surface area contributed by atoms with E-state index in [0.717, 1.165) is 28.4 Å². The molecule has 0 saturated carbocycles. The second kappa shape index (κ2) is 7.48. The third-order valence-electron chi connectivity index (χ3n) is 4.56. The molecule has 5 nitrogen and oxygen atoms in total. The van der Waals surface area contributed by atoms with Crippen molar-refractivity contribution in [3.63, 3.8) is 0 Å². The fourth-order valence-electron chi connectivity index (χ4n) is 3.26. The average molecular weight is 373 g/mol. The van der Waals surface area contributed by atoms with Gasteiger partial charge in [0.05, 0.1) is 37.4 Å². The summed E-state index contributed by atoms with van der Waals surface area (Å²) in [5.74, 6) is 1.01. The SMILES string of the molecule is COC(=O)c1cc(-c2ccco2)n(-c2ccc(OC)cc2)c1-c1ccccc1. The number of carbonyl (C=O) groups is 1. The van der Waals surface area contributed by atoms with E-state index in [9.17, 15) is 4.79 Å². The smallest absolute Gasteiger partial charge is 0.340 e. The van der Waals surface area contributed by atoms with Crippen LogP contribution in [0.4, 0.5) is 0 Å². The van der Waals surface area contributed by atoms with Crippen molar-refractivity contribution in [2.24, 2.45) is 0 Å². The summed E-state index contributed by atoms with van der Waals surface area (Å²) < 4.78 is 18.0. The zero-order chi connectivity index (χ0) is 19.5. The summed E-state index contributed by atoms with van der Waals surface area (Å²) in [5.41, 5.74) is 3.74. The Labute approximate surface area is 162 Å². The van der Waals surface area contributed by atoms with Crippen LogP contribution in [0.5, 0.6) is 5.75 Å². The van der Waals surface area contributed by atoms with Crippen LogP contribution in [0.2, 0.25) is 0 Å². The van der Waals surface area contributed by atoms with Crippen LogP contribution in [0.3, 0.4) is 0 Å². The van der Waals surface area contributed by atoms with Gasteiger partial charge >= 0.3 is 5.97 Å². The van der Waals surface area contributed by atoms with Gasteiger partial charge in [-0.1, -0.05) is 30.3 Å². The number of furan rings is 1. The molecule has 28 heavy (non-hydrogen) atoms. The first-order chi connectivity index (χ1) is 13.7. The highest BCUT2D eigenvalue weighted by Crippen LogP contribution is 2.36. The summed E-state index contributed by atoms with van der Waals surface area (Å²) >= 11 is 0. The molecule has 0 radical (unpaired) electrons. The Balaban J connectivity index is 2.04. The van der Waals surface area contributed by atoms with E-state index in [1.165, 1.54) is 7.11 Å². The highest BCUT2D eigenvalue weighted by atomic mass is 16.5. The van der Waals surface area contributed by atoms with E-state index < -0.39 is 5.97 Å². The molecule has 4 rings (SSSR count). The number of methoxy groups -OCH3 is 2. The summed E-state index contributed by atoms with van der Waals surface area (Å²) in [7, 11) is 3.01. The van der Waals surface area contributed by atoms with E-state index in [1.807, 2.05) is 71.3 Å². The first-order valence-corrected chi connectivity index (χ1v) is 8.80. The third-order valence-corrected chi connectivity index (χ3v) is 4.56. The predicted octanol–water partition coefficient (Wildman–Crippen LogP) is 5.20. The van der Waals surface area contributed by atoms with Crippen LogP contribution in [0.25, 0.3) is 28.4 Å². The number of hydrogen-bond acceptors (Lipinski definition) is 4. The Kier molecular flexibility index (Phi) is 4.72. The number of aromatic nitrogens is 1. The lowest BCUT2D eigenvalue weighted by Crippen LogP contribution is -2.05. The number of hydrogen-bond donors (Lipinski definition) is 0. The number of nitrogens with zero attached hydrogens (tertiary/aromatic N) is 1. The maximum absolute atomic E-state index is 12.6. The molecule has 2 aromatic carbocycles. The van der Waals surface area contributed by atoms with Gasteiger partial charge in [-0.15, -0.1) is 0 Å². The predicted molar refractivity (Wildman–Crippen MR) is 107 cm³/mol. The zero-order valence-corrected chi connectivity index (χ0v) is 15.6. The molecule has 0 fully saturated rings. The fraction of sp³-hybridized carbons (Fsp3) is 0.0870. The minimum Gasteiger partial charge on any atom is -0.497 e. The molecule has 0 aliphatic rings. The van der Waals surface area contributed by atoms with E-state index in [1.54, 1.807) is 19.4 Å². The van der Waals surface area contributed by atoms with Gasteiger partial charge in [-0.2, -0.15) is 0 Å².